The van der Waals surface area contributed by atoms with Crippen molar-refractivity contribution in [3.05, 3.63) is 53.1 Å². The summed E-state index contributed by atoms with van der Waals surface area (Å²) >= 11 is 5.74. The standard InChI is InChI=1S/C12H9ClN4O2/c13-7-1-3-8(4-2-7)17-12(19)10-9(11(14)18)15-5-6-16-10/h1-6H,(H2,14,18)(H,17,19). The Balaban J connectivity index is 2.25. The number of halogens is 1. The summed E-state index contributed by atoms with van der Waals surface area (Å²) in [6.07, 6.45) is 2.60. The van der Waals surface area contributed by atoms with Gasteiger partial charge in [-0.2, -0.15) is 0 Å². The largest absolute Gasteiger partial charge is 0.364 e. The second kappa shape index (κ2) is 5.45. The maximum atomic E-state index is 12.0. The normalized spacial score (nSPS) is 9.95. The minimum absolute atomic E-state index is 0.120. The van der Waals surface area contributed by atoms with Gasteiger partial charge < -0.3 is 11.1 Å². The third kappa shape index (κ3) is 3.05. The number of carbonyl (C=O) groups excluding carboxylic acids is 2. The number of benzene rings is 1. The molecule has 0 saturated carbocycles. The molecule has 1 aromatic carbocycles. The van der Waals surface area contributed by atoms with Crippen LogP contribution in [-0.2, 0) is 0 Å². The number of amides is 2. The molecule has 0 aliphatic carbocycles. The van der Waals surface area contributed by atoms with Gasteiger partial charge in [0.15, 0.2) is 11.4 Å². The van der Waals surface area contributed by atoms with Crippen LogP contribution in [0.3, 0.4) is 0 Å². The van der Waals surface area contributed by atoms with E-state index in [1.54, 1.807) is 24.3 Å². The third-order valence-corrected chi connectivity index (χ3v) is 2.50. The van der Waals surface area contributed by atoms with Crippen LogP contribution in [0.15, 0.2) is 36.7 Å². The lowest BCUT2D eigenvalue weighted by Gasteiger charge is -2.06. The van der Waals surface area contributed by atoms with Crippen LogP contribution >= 0.6 is 11.6 Å². The lowest BCUT2D eigenvalue weighted by atomic mass is 10.2. The van der Waals surface area contributed by atoms with Crippen molar-refractivity contribution in [1.82, 2.24) is 9.97 Å². The smallest absolute Gasteiger partial charge is 0.276 e. The third-order valence-electron chi connectivity index (χ3n) is 2.25. The average Bonchev–Trinajstić information content (AvgIpc) is 2.41. The van der Waals surface area contributed by atoms with Gasteiger partial charge >= 0.3 is 0 Å². The number of nitrogens with two attached hydrogens (primary N) is 1. The lowest BCUT2D eigenvalue weighted by molar-refractivity contribution is 0.0969. The maximum Gasteiger partial charge on any atom is 0.276 e. The number of rotatable bonds is 3. The van der Waals surface area contributed by atoms with Crippen LogP contribution in [0.25, 0.3) is 0 Å². The summed E-state index contributed by atoms with van der Waals surface area (Å²) in [4.78, 5) is 30.7. The van der Waals surface area contributed by atoms with Crippen molar-refractivity contribution in [3.63, 3.8) is 0 Å². The van der Waals surface area contributed by atoms with Gasteiger partial charge in [0, 0.05) is 23.1 Å². The first-order valence-electron chi connectivity index (χ1n) is 5.25. The molecule has 2 amide bonds. The van der Waals surface area contributed by atoms with Crippen molar-refractivity contribution in [2.24, 2.45) is 5.73 Å². The highest BCUT2D eigenvalue weighted by atomic mass is 35.5. The second-order valence-electron chi connectivity index (χ2n) is 3.58. The van der Waals surface area contributed by atoms with Crippen LogP contribution in [0.2, 0.25) is 5.02 Å². The molecule has 0 radical (unpaired) electrons. The predicted octanol–water partition coefficient (Wildman–Crippen LogP) is 1.48. The van der Waals surface area contributed by atoms with E-state index in [4.69, 9.17) is 17.3 Å². The Kier molecular flexibility index (Phi) is 3.72. The Morgan fingerprint density at radius 1 is 1.05 bits per heavy atom. The van der Waals surface area contributed by atoms with Crippen molar-refractivity contribution in [3.8, 4) is 0 Å². The Bertz CT molecular complexity index is 628. The van der Waals surface area contributed by atoms with E-state index in [9.17, 15) is 9.59 Å². The molecule has 0 spiro atoms. The van der Waals surface area contributed by atoms with Crippen molar-refractivity contribution < 1.29 is 9.59 Å². The van der Waals surface area contributed by atoms with E-state index in [2.05, 4.69) is 15.3 Å². The van der Waals surface area contributed by atoms with Gasteiger partial charge in [-0.25, -0.2) is 9.97 Å². The number of nitrogens with zero attached hydrogens (tertiary/aromatic N) is 2. The van der Waals surface area contributed by atoms with E-state index in [-0.39, 0.29) is 11.4 Å². The van der Waals surface area contributed by atoms with E-state index < -0.39 is 11.8 Å². The molecule has 0 fully saturated rings. The van der Waals surface area contributed by atoms with E-state index in [0.29, 0.717) is 10.7 Å². The van der Waals surface area contributed by atoms with Crippen molar-refractivity contribution in [2.45, 2.75) is 0 Å². The fraction of sp³-hybridized carbons (Fsp3) is 0. The summed E-state index contributed by atoms with van der Waals surface area (Å²) in [5.41, 5.74) is 5.36. The molecule has 0 aliphatic heterocycles. The zero-order chi connectivity index (χ0) is 13.8. The Hall–Kier alpha value is -2.47. The zero-order valence-electron chi connectivity index (χ0n) is 9.63. The molecule has 0 bridgehead atoms. The highest BCUT2D eigenvalue weighted by molar-refractivity contribution is 6.30. The summed E-state index contributed by atoms with van der Waals surface area (Å²) in [6.45, 7) is 0. The van der Waals surface area contributed by atoms with Gasteiger partial charge in [-0.3, -0.25) is 9.59 Å². The molecule has 6 nitrogen and oxygen atoms in total. The van der Waals surface area contributed by atoms with E-state index >= 15 is 0 Å². The molecule has 2 rings (SSSR count). The number of hydrogen-bond acceptors (Lipinski definition) is 4. The molecule has 0 atom stereocenters. The van der Waals surface area contributed by atoms with Gasteiger partial charge in [0.05, 0.1) is 0 Å². The van der Waals surface area contributed by atoms with Crippen LogP contribution in [-0.4, -0.2) is 21.8 Å². The van der Waals surface area contributed by atoms with Crippen molar-refractivity contribution in [1.29, 1.82) is 0 Å². The second-order valence-corrected chi connectivity index (χ2v) is 4.02. The Morgan fingerprint density at radius 3 is 2.21 bits per heavy atom. The molecule has 0 aliphatic rings. The monoisotopic (exact) mass is 276 g/mol. The summed E-state index contributed by atoms with van der Waals surface area (Å²) in [5.74, 6) is -1.38. The highest BCUT2D eigenvalue weighted by Crippen LogP contribution is 2.14. The van der Waals surface area contributed by atoms with Gasteiger partial charge in [-0.05, 0) is 24.3 Å². The summed E-state index contributed by atoms with van der Waals surface area (Å²) in [6, 6.07) is 6.51. The van der Waals surface area contributed by atoms with Crippen molar-refractivity contribution in [2.75, 3.05) is 5.32 Å². The summed E-state index contributed by atoms with van der Waals surface area (Å²) < 4.78 is 0. The SMILES string of the molecule is NC(=O)c1nccnc1C(=O)Nc1ccc(Cl)cc1. The molecule has 19 heavy (non-hydrogen) atoms. The quantitative estimate of drug-likeness (QED) is 0.887. The molecule has 0 unspecified atom stereocenters. The lowest BCUT2D eigenvalue weighted by Crippen LogP contribution is -2.23. The van der Waals surface area contributed by atoms with E-state index in [1.807, 2.05) is 0 Å². The van der Waals surface area contributed by atoms with Crippen LogP contribution < -0.4 is 11.1 Å². The highest BCUT2D eigenvalue weighted by Gasteiger charge is 2.17. The molecule has 1 aromatic heterocycles. The molecular formula is C12H9ClN4O2. The van der Waals surface area contributed by atoms with Gasteiger partial charge in [-0.1, -0.05) is 11.6 Å². The zero-order valence-corrected chi connectivity index (χ0v) is 10.4. The topological polar surface area (TPSA) is 98.0 Å². The van der Waals surface area contributed by atoms with Crippen LogP contribution in [0.5, 0.6) is 0 Å². The first kappa shape index (κ1) is 13.0. The Morgan fingerprint density at radius 2 is 1.63 bits per heavy atom. The molecule has 2 aromatic rings. The minimum atomic E-state index is -0.811. The first-order valence-corrected chi connectivity index (χ1v) is 5.63. The number of hydrogen-bond donors (Lipinski definition) is 2. The molecular weight excluding hydrogens is 268 g/mol. The number of nitrogens with one attached hydrogen (secondary N) is 1. The van der Waals surface area contributed by atoms with Gasteiger partial charge in [-0.15, -0.1) is 0 Å². The molecule has 1 heterocycles. The molecule has 3 N–H and O–H groups in total. The van der Waals surface area contributed by atoms with Gasteiger partial charge in [0.2, 0.25) is 0 Å². The molecule has 0 saturated heterocycles. The van der Waals surface area contributed by atoms with Crippen LogP contribution in [0.4, 0.5) is 5.69 Å². The van der Waals surface area contributed by atoms with E-state index in [0.717, 1.165) is 0 Å². The molecule has 7 heteroatoms. The minimum Gasteiger partial charge on any atom is -0.364 e. The van der Waals surface area contributed by atoms with Crippen molar-refractivity contribution >= 4 is 29.1 Å². The number of carbonyl (C=O) groups is 2. The number of anilines is 1. The summed E-state index contributed by atoms with van der Waals surface area (Å²) in [5, 5.41) is 3.12. The van der Waals surface area contributed by atoms with Crippen LogP contribution in [0, 0.1) is 0 Å². The maximum absolute atomic E-state index is 12.0. The molecule has 96 valence electrons. The predicted molar refractivity (Wildman–Crippen MR) is 70.0 cm³/mol. The van der Waals surface area contributed by atoms with Crippen LogP contribution in [0.1, 0.15) is 21.0 Å². The Labute approximate surface area is 113 Å². The first-order chi connectivity index (χ1) is 9.08. The van der Waals surface area contributed by atoms with Gasteiger partial charge in [0.25, 0.3) is 11.8 Å². The van der Waals surface area contributed by atoms with Gasteiger partial charge in [0.1, 0.15) is 0 Å². The summed E-state index contributed by atoms with van der Waals surface area (Å²) in [7, 11) is 0. The number of primary amides is 1. The number of aromatic nitrogens is 2. The fourth-order valence-corrected chi connectivity index (χ4v) is 1.53. The fourth-order valence-electron chi connectivity index (χ4n) is 1.41. The average molecular weight is 277 g/mol. The van der Waals surface area contributed by atoms with E-state index in [1.165, 1.54) is 12.4 Å².